The Morgan fingerprint density at radius 1 is 1.47 bits per heavy atom. The standard InChI is InChI=1S/C14H15N3/c1-10(2)5-6-17-9-11(8-15)13-4-3-12(16)7-14(13)17/h3-5,7,9H,6,16H2,1-2H3. The molecule has 0 bridgehead atoms. The highest BCUT2D eigenvalue weighted by molar-refractivity contribution is 5.88. The first kappa shape index (κ1) is 11.3. The van der Waals surface area contributed by atoms with E-state index in [2.05, 4.69) is 30.6 Å². The topological polar surface area (TPSA) is 54.7 Å². The second-order valence-corrected chi connectivity index (χ2v) is 4.37. The minimum atomic E-state index is 0.696. The third kappa shape index (κ3) is 2.16. The average molecular weight is 225 g/mol. The van der Waals surface area contributed by atoms with Gasteiger partial charge in [-0.25, -0.2) is 0 Å². The monoisotopic (exact) mass is 225 g/mol. The maximum absolute atomic E-state index is 9.09. The molecule has 0 radical (unpaired) electrons. The summed E-state index contributed by atoms with van der Waals surface area (Å²) < 4.78 is 2.05. The lowest BCUT2D eigenvalue weighted by Crippen LogP contribution is -1.94. The molecule has 1 aromatic heterocycles. The molecule has 2 rings (SSSR count). The average Bonchev–Trinajstić information content (AvgIpc) is 2.63. The van der Waals surface area contributed by atoms with E-state index in [1.54, 1.807) is 0 Å². The fourth-order valence-electron chi connectivity index (χ4n) is 1.83. The molecule has 17 heavy (non-hydrogen) atoms. The van der Waals surface area contributed by atoms with Gasteiger partial charge in [-0.15, -0.1) is 0 Å². The molecule has 3 nitrogen and oxygen atoms in total. The number of hydrogen-bond acceptors (Lipinski definition) is 2. The van der Waals surface area contributed by atoms with E-state index in [1.165, 1.54) is 5.57 Å². The van der Waals surface area contributed by atoms with Crippen LogP contribution in [0.25, 0.3) is 10.9 Å². The van der Waals surface area contributed by atoms with Crippen molar-refractivity contribution < 1.29 is 0 Å². The van der Waals surface area contributed by atoms with Gasteiger partial charge in [0.2, 0.25) is 0 Å². The van der Waals surface area contributed by atoms with E-state index in [1.807, 2.05) is 24.4 Å². The summed E-state index contributed by atoms with van der Waals surface area (Å²) in [6.45, 7) is 4.89. The number of benzene rings is 1. The van der Waals surface area contributed by atoms with E-state index in [4.69, 9.17) is 11.0 Å². The molecule has 1 aromatic carbocycles. The van der Waals surface area contributed by atoms with Crippen molar-refractivity contribution in [1.29, 1.82) is 5.26 Å². The summed E-state index contributed by atoms with van der Waals surface area (Å²) in [5, 5.41) is 10.0. The summed E-state index contributed by atoms with van der Waals surface area (Å²) in [5.41, 5.74) is 9.48. The fourth-order valence-corrected chi connectivity index (χ4v) is 1.83. The van der Waals surface area contributed by atoms with E-state index in [9.17, 15) is 0 Å². The van der Waals surface area contributed by atoms with Gasteiger partial charge in [-0.2, -0.15) is 5.26 Å². The number of hydrogen-bond donors (Lipinski definition) is 1. The molecule has 2 N–H and O–H groups in total. The van der Waals surface area contributed by atoms with Crippen molar-refractivity contribution in [3.8, 4) is 6.07 Å². The number of rotatable bonds is 2. The second kappa shape index (κ2) is 4.34. The third-order valence-corrected chi connectivity index (χ3v) is 2.72. The Balaban J connectivity index is 2.59. The van der Waals surface area contributed by atoms with Gasteiger partial charge in [0.15, 0.2) is 0 Å². The Kier molecular flexibility index (Phi) is 2.88. The van der Waals surface area contributed by atoms with Crippen molar-refractivity contribution in [3.63, 3.8) is 0 Å². The molecule has 0 amide bonds. The number of nitrogen functional groups attached to an aromatic ring is 1. The number of nitrogens with zero attached hydrogens (tertiary/aromatic N) is 2. The van der Waals surface area contributed by atoms with Crippen LogP contribution < -0.4 is 5.73 Å². The zero-order valence-corrected chi connectivity index (χ0v) is 10.1. The number of fused-ring (bicyclic) bond motifs is 1. The maximum atomic E-state index is 9.09. The Morgan fingerprint density at radius 2 is 2.24 bits per heavy atom. The molecular weight excluding hydrogens is 210 g/mol. The van der Waals surface area contributed by atoms with Crippen LogP contribution in [0.4, 0.5) is 5.69 Å². The largest absolute Gasteiger partial charge is 0.399 e. The summed E-state index contributed by atoms with van der Waals surface area (Å²) in [5.74, 6) is 0. The Morgan fingerprint density at radius 3 is 2.88 bits per heavy atom. The molecule has 0 spiro atoms. The van der Waals surface area contributed by atoms with Crippen LogP contribution in [0.5, 0.6) is 0 Å². The number of nitriles is 1. The third-order valence-electron chi connectivity index (χ3n) is 2.72. The molecule has 3 heteroatoms. The smallest absolute Gasteiger partial charge is 0.101 e. The molecule has 0 atom stereocenters. The molecule has 0 saturated heterocycles. The zero-order chi connectivity index (χ0) is 12.4. The van der Waals surface area contributed by atoms with Crippen LogP contribution in [-0.4, -0.2) is 4.57 Å². The lowest BCUT2D eigenvalue weighted by Gasteiger charge is -2.02. The van der Waals surface area contributed by atoms with Gasteiger partial charge < -0.3 is 10.3 Å². The number of nitrogens with two attached hydrogens (primary N) is 1. The lowest BCUT2D eigenvalue weighted by molar-refractivity contribution is 0.855. The van der Waals surface area contributed by atoms with Crippen LogP contribution >= 0.6 is 0 Å². The molecule has 86 valence electrons. The van der Waals surface area contributed by atoms with Crippen LogP contribution in [-0.2, 0) is 6.54 Å². The Bertz CT molecular complexity index is 623. The van der Waals surface area contributed by atoms with Crippen LogP contribution in [0, 0.1) is 11.3 Å². The molecule has 0 fully saturated rings. The number of allylic oxidation sites excluding steroid dienone is 2. The SMILES string of the molecule is CC(C)=CCn1cc(C#N)c2ccc(N)cc21. The molecule has 2 aromatic rings. The lowest BCUT2D eigenvalue weighted by atomic mass is 10.2. The van der Waals surface area contributed by atoms with Gasteiger partial charge in [0.25, 0.3) is 0 Å². The fraction of sp³-hybridized carbons (Fsp3) is 0.214. The molecule has 0 aliphatic rings. The van der Waals surface area contributed by atoms with Crippen LogP contribution in [0.3, 0.4) is 0 Å². The van der Waals surface area contributed by atoms with E-state index >= 15 is 0 Å². The normalized spacial score (nSPS) is 10.2. The number of anilines is 1. The molecule has 0 aliphatic heterocycles. The number of aromatic nitrogens is 1. The van der Waals surface area contributed by atoms with Gasteiger partial charge in [-0.1, -0.05) is 11.6 Å². The van der Waals surface area contributed by atoms with Crippen LogP contribution in [0.2, 0.25) is 0 Å². The molecule has 1 heterocycles. The van der Waals surface area contributed by atoms with Gasteiger partial charge in [0.1, 0.15) is 6.07 Å². The summed E-state index contributed by atoms with van der Waals surface area (Å²) in [7, 11) is 0. The summed E-state index contributed by atoms with van der Waals surface area (Å²) >= 11 is 0. The minimum absolute atomic E-state index is 0.696. The highest BCUT2D eigenvalue weighted by atomic mass is 15.0. The molecule has 0 saturated carbocycles. The summed E-state index contributed by atoms with van der Waals surface area (Å²) in [6.07, 6.45) is 4.01. The Labute approximate surface area is 101 Å². The molecular formula is C14H15N3. The van der Waals surface area contributed by atoms with E-state index in [-0.39, 0.29) is 0 Å². The quantitative estimate of drug-likeness (QED) is 0.630. The predicted octanol–water partition coefficient (Wildman–Crippen LogP) is 3.06. The summed E-state index contributed by atoms with van der Waals surface area (Å²) in [4.78, 5) is 0. The second-order valence-electron chi connectivity index (χ2n) is 4.37. The van der Waals surface area contributed by atoms with E-state index < -0.39 is 0 Å². The van der Waals surface area contributed by atoms with Gasteiger partial charge in [0, 0.05) is 23.8 Å². The van der Waals surface area contributed by atoms with Crippen LogP contribution in [0.15, 0.2) is 36.0 Å². The van der Waals surface area contributed by atoms with Gasteiger partial charge in [-0.05, 0) is 32.0 Å². The zero-order valence-electron chi connectivity index (χ0n) is 10.1. The highest BCUT2D eigenvalue weighted by Crippen LogP contribution is 2.23. The first-order valence-corrected chi connectivity index (χ1v) is 5.53. The first-order chi connectivity index (χ1) is 8.11. The van der Waals surface area contributed by atoms with Crippen molar-refractivity contribution in [3.05, 3.63) is 41.6 Å². The highest BCUT2D eigenvalue weighted by Gasteiger charge is 2.07. The van der Waals surface area contributed by atoms with Gasteiger partial charge in [0.05, 0.1) is 11.1 Å². The predicted molar refractivity (Wildman–Crippen MR) is 70.5 cm³/mol. The first-order valence-electron chi connectivity index (χ1n) is 5.53. The van der Waals surface area contributed by atoms with Crippen molar-refractivity contribution >= 4 is 16.6 Å². The molecule has 0 aliphatic carbocycles. The van der Waals surface area contributed by atoms with E-state index in [0.717, 1.165) is 23.1 Å². The van der Waals surface area contributed by atoms with Crippen molar-refractivity contribution in [2.24, 2.45) is 0 Å². The molecule has 0 unspecified atom stereocenters. The summed E-state index contributed by atoms with van der Waals surface area (Å²) in [6, 6.07) is 7.86. The minimum Gasteiger partial charge on any atom is -0.399 e. The van der Waals surface area contributed by atoms with Gasteiger partial charge >= 0.3 is 0 Å². The van der Waals surface area contributed by atoms with Gasteiger partial charge in [-0.3, -0.25) is 0 Å². The van der Waals surface area contributed by atoms with Crippen molar-refractivity contribution in [2.45, 2.75) is 20.4 Å². The Hall–Kier alpha value is -2.21. The van der Waals surface area contributed by atoms with E-state index in [0.29, 0.717) is 5.56 Å². The van der Waals surface area contributed by atoms with Crippen LogP contribution in [0.1, 0.15) is 19.4 Å². The van der Waals surface area contributed by atoms with Crippen molar-refractivity contribution in [1.82, 2.24) is 4.57 Å². The van der Waals surface area contributed by atoms with Crippen molar-refractivity contribution in [2.75, 3.05) is 5.73 Å². The maximum Gasteiger partial charge on any atom is 0.101 e.